The van der Waals surface area contributed by atoms with Gasteiger partial charge in [0.05, 0.1) is 24.5 Å². The molecule has 8 nitrogen and oxygen atoms in total. The van der Waals surface area contributed by atoms with Crippen molar-refractivity contribution in [3.8, 4) is 17.2 Å². The number of benzene rings is 2. The molecule has 0 spiro atoms. The molecule has 0 saturated carbocycles. The molecule has 3 heterocycles. The van der Waals surface area contributed by atoms with Crippen LogP contribution < -0.4 is 14.8 Å². The van der Waals surface area contributed by atoms with Gasteiger partial charge in [-0.15, -0.1) is 0 Å². The number of hydrogen-bond donors (Lipinski definition) is 1. The largest absolute Gasteiger partial charge is 0.454 e. The summed E-state index contributed by atoms with van der Waals surface area (Å²) >= 11 is 0. The van der Waals surface area contributed by atoms with Gasteiger partial charge in [0, 0.05) is 38.4 Å². The van der Waals surface area contributed by atoms with Crippen LogP contribution in [0.15, 0.2) is 54.6 Å². The fourth-order valence-corrected chi connectivity index (χ4v) is 4.77. The van der Waals surface area contributed by atoms with Crippen molar-refractivity contribution in [2.24, 2.45) is 5.92 Å². The molecule has 0 unspecified atom stereocenters. The number of rotatable bonds is 9. The molecule has 190 valence electrons. The van der Waals surface area contributed by atoms with Gasteiger partial charge in [-0.2, -0.15) is 5.10 Å². The Morgan fingerprint density at radius 1 is 0.972 bits per heavy atom. The van der Waals surface area contributed by atoms with Crippen LogP contribution in [0.5, 0.6) is 11.5 Å². The lowest BCUT2D eigenvalue weighted by Crippen LogP contribution is -2.49. The molecule has 0 atom stereocenters. The van der Waals surface area contributed by atoms with E-state index in [1.807, 2.05) is 28.9 Å². The van der Waals surface area contributed by atoms with E-state index < -0.39 is 0 Å². The lowest BCUT2D eigenvalue weighted by Gasteiger charge is -2.34. The van der Waals surface area contributed by atoms with E-state index in [9.17, 15) is 4.79 Å². The Labute approximate surface area is 212 Å². The molecular weight excluding hydrogens is 454 g/mol. The van der Waals surface area contributed by atoms with Gasteiger partial charge in [-0.3, -0.25) is 14.6 Å². The molecule has 1 fully saturated rings. The van der Waals surface area contributed by atoms with Crippen molar-refractivity contribution in [2.75, 3.05) is 39.5 Å². The van der Waals surface area contributed by atoms with Crippen molar-refractivity contribution in [1.29, 1.82) is 0 Å². The molecule has 1 N–H and O–H groups in total. The summed E-state index contributed by atoms with van der Waals surface area (Å²) in [5.74, 6) is 2.21. The number of carbonyl (C=O) groups is 1. The van der Waals surface area contributed by atoms with E-state index in [0.717, 1.165) is 62.0 Å². The van der Waals surface area contributed by atoms with Crippen LogP contribution in [0.3, 0.4) is 0 Å². The third kappa shape index (κ3) is 6.06. The second-order valence-corrected chi connectivity index (χ2v) is 9.99. The predicted octanol–water partition coefficient (Wildman–Crippen LogP) is 3.23. The molecule has 0 bridgehead atoms. The summed E-state index contributed by atoms with van der Waals surface area (Å²) in [7, 11) is 0. The lowest BCUT2D eigenvalue weighted by molar-refractivity contribution is -0.122. The number of fused-ring (bicyclic) bond motifs is 1. The molecule has 2 aliphatic rings. The number of ether oxygens (including phenoxy) is 2. The molecular formula is C28H35N5O3. The van der Waals surface area contributed by atoms with E-state index >= 15 is 0 Å². The van der Waals surface area contributed by atoms with E-state index in [1.165, 1.54) is 11.3 Å². The summed E-state index contributed by atoms with van der Waals surface area (Å²) in [6.07, 6.45) is 0.937. The number of piperazine rings is 1. The van der Waals surface area contributed by atoms with Crippen LogP contribution in [0.1, 0.15) is 30.8 Å². The average molecular weight is 490 g/mol. The van der Waals surface area contributed by atoms with Gasteiger partial charge in [0.2, 0.25) is 12.7 Å². The van der Waals surface area contributed by atoms with Crippen LogP contribution in [0, 0.1) is 5.92 Å². The van der Waals surface area contributed by atoms with Crippen molar-refractivity contribution in [3.05, 3.63) is 71.5 Å². The number of para-hydroxylation sites is 1. The van der Waals surface area contributed by atoms with Crippen molar-refractivity contribution >= 4 is 5.91 Å². The molecule has 1 aromatic heterocycles. The van der Waals surface area contributed by atoms with Gasteiger partial charge in [0.15, 0.2) is 11.5 Å². The van der Waals surface area contributed by atoms with Crippen molar-refractivity contribution in [1.82, 2.24) is 24.9 Å². The number of carbonyl (C=O) groups excluding carboxylic acids is 1. The fraction of sp³-hybridized carbons (Fsp3) is 0.429. The number of amides is 1. The van der Waals surface area contributed by atoms with Crippen LogP contribution in [-0.4, -0.2) is 65.0 Å². The summed E-state index contributed by atoms with van der Waals surface area (Å²) in [6, 6.07) is 18.4. The van der Waals surface area contributed by atoms with Crippen molar-refractivity contribution < 1.29 is 14.3 Å². The Bertz CT molecular complexity index is 1170. The highest BCUT2D eigenvalue weighted by Gasteiger charge is 2.21. The molecule has 0 aliphatic carbocycles. The molecule has 5 rings (SSSR count). The summed E-state index contributed by atoms with van der Waals surface area (Å²) in [6.45, 7) is 10.1. The first-order valence-corrected chi connectivity index (χ1v) is 12.8. The van der Waals surface area contributed by atoms with Crippen LogP contribution >= 0.6 is 0 Å². The van der Waals surface area contributed by atoms with Crippen LogP contribution in [0.4, 0.5) is 0 Å². The van der Waals surface area contributed by atoms with Crippen LogP contribution in [0.2, 0.25) is 0 Å². The van der Waals surface area contributed by atoms with Gasteiger partial charge in [-0.1, -0.05) is 38.1 Å². The van der Waals surface area contributed by atoms with Gasteiger partial charge in [0.25, 0.3) is 0 Å². The molecule has 0 radical (unpaired) electrons. The average Bonchev–Trinajstić information content (AvgIpc) is 3.51. The first kappa shape index (κ1) is 24.3. The maximum Gasteiger partial charge on any atom is 0.234 e. The van der Waals surface area contributed by atoms with Gasteiger partial charge < -0.3 is 14.8 Å². The second-order valence-electron chi connectivity index (χ2n) is 9.99. The first-order chi connectivity index (χ1) is 17.5. The third-order valence-electron chi connectivity index (χ3n) is 6.59. The SMILES string of the molecule is CC(C)Cc1cc(CNC(=O)CN2CCN(Cc3ccc4c(c3)OCO4)CC2)nn1-c1ccccc1. The molecule has 8 heteroatoms. The second kappa shape index (κ2) is 11.1. The topological polar surface area (TPSA) is 71.9 Å². The van der Waals surface area contributed by atoms with Gasteiger partial charge >= 0.3 is 0 Å². The number of hydrogen-bond acceptors (Lipinski definition) is 6. The zero-order chi connectivity index (χ0) is 24.9. The lowest BCUT2D eigenvalue weighted by atomic mass is 10.1. The summed E-state index contributed by atoms with van der Waals surface area (Å²) in [4.78, 5) is 17.3. The maximum atomic E-state index is 12.7. The summed E-state index contributed by atoms with van der Waals surface area (Å²) < 4.78 is 12.9. The van der Waals surface area contributed by atoms with Gasteiger partial charge in [-0.05, 0) is 48.2 Å². The Morgan fingerprint density at radius 2 is 1.72 bits per heavy atom. The minimum atomic E-state index is 0.0406. The molecule has 2 aromatic carbocycles. The predicted molar refractivity (Wildman–Crippen MR) is 138 cm³/mol. The monoisotopic (exact) mass is 489 g/mol. The zero-order valence-corrected chi connectivity index (χ0v) is 21.2. The van der Waals surface area contributed by atoms with Crippen LogP contribution in [-0.2, 0) is 24.3 Å². The van der Waals surface area contributed by atoms with E-state index in [1.54, 1.807) is 0 Å². The van der Waals surface area contributed by atoms with Gasteiger partial charge in [-0.25, -0.2) is 4.68 Å². The van der Waals surface area contributed by atoms with E-state index in [-0.39, 0.29) is 5.91 Å². The highest BCUT2D eigenvalue weighted by molar-refractivity contribution is 5.78. The maximum absolute atomic E-state index is 12.7. The molecule has 1 saturated heterocycles. The first-order valence-electron chi connectivity index (χ1n) is 12.8. The zero-order valence-electron chi connectivity index (χ0n) is 21.2. The summed E-state index contributed by atoms with van der Waals surface area (Å²) in [5, 5.41) is 7.86. The molecule has 1 amide bonds. The Balaban J connectivity index is 1.09. The number of nitrogens with one attached hydrogen (secondary N) is 1. The standard InChI is InChI=1S/C28H35N5O3/c1-21(2)14-25-16-23(30-33(25)24-6-4-3-5-7-24)17-29-28(34)19-32-12-10-31(11-13-32)18-22-8-9-26-27(15-22)36-20-35-26/h3-9,15-16,21H,10-14,17-20H2,1-2H3,(H,29,34). The quantitative estimate of drug-likeness (QED) is 0.498. The van der Waals surface area contributed by atoms with E-state index in [0.29, 0.717) is 25.8 Å². The van der Waals surface area contributed by atoms with E-state index in [4.69, 9.17) is 14.6 Å². The molecule has 36 heavy (non-hydrogen) atoms. The molecule has 2 aliphatic heterocycles. The number of aromatic nitrogens is 2. The Hall–Kier alpha value is -3.36. The number of nitrogens with zero attached hydrogens (tertiary/aromatic N) is 4. The minimum absolute atomic E-state index is 0.0406. The third-order valence-corrected chi connectivity index (χ3v) is 6.59. The van der Waals surface area contributed by atoms with Crippen molar-refractivity contribution in [2.45, 2.75) is 33.4 Å². The minimum Gasteiger partial charge on any atom is -0.454 e. The smallest absolute Gasteiger partial charge is 0.234 e. The molecule has 3 aromatic rings. The fourth-order valence-electron chi connectivity index (χ4n) is 4.77. The highest BCUT2D eigenvalue weighted by atomic mass is 16.7. The Kier molecular flexibility index (Phi) is 7.53. The normalized spacial score (nSPS) is 16.0. The van der Waals surface area contributed by atoms with Crippen molar-refractivity contribution in [3.63, 3.8) is 0 Å². The van der Waals surface area contributed by atoms with Crippen LogP contribution in [0.25, 0.3) is 5.69 Å². The Morgan fingerprint density at radius 3 is 2.50 bits per heavy atom. The van der Waals surface area contributed by atoms with E-state index in [2.05, 4.69) is 59.3 Å². The van der Waals surface area contributed by atoms with Gasteiger partial charge in [0.1, 0.15) is 0 Å². The highest BCUT2D eigenvalue weighted by Crippen LogP contribution is 2.32. The summed E-state index contributed by atoms with van der Waals surface area (Å²) in [5.41, 5.74) is 4.32.